The Morgan fingerprint density at radius 1 is 1.26 bits per heavy atom. The average molecular weight is 262 g/mol. The minimum atomic E-state index is -0.346. The van der Waals surface area contributed by atoms with Gasteiger partial charge in [0.25, 0.3) is 5.91 Å². The van der Waals surface area contributed by atoms with Crippen molar-refractivity contribution in [3.63, 3.8) is 0 Å². The zero-order chi connectivity index (χ0) is 13.4. The van der Waals surface area contributed by atoms with E-state index in [1.54, 1.807) is 6.07 Å². The second-order valence-electron chi connectivity index (χ2n) is 5.39. The highest BCUT2D eigenvalue weighted by molar-refractivity contribution is 5.97. The van der Waals surface area contributed by atoms with Crippen molar-refractivity contribution >= 4 is 5.91 Å². The number of carbonyl (C=O) groups excluding carboxylic acids is 1. The Kier molecular flexibility index (Phi) is 3.06. The number of para-hydroxylation sites is 1. The third kappa shape index (κ3) is 2.26. The highest BCUT2D eigenvalue weighted by Crippen LogP contribution is 2.30. The largest absolute Gasteiger partial charge is 0.504 e. The number of amides is 1. The first-order valence-electron chi connectivity index (χ1n) is 6.69. The van der Waals surface area contributed by atoms with E-state index in [2.05, 4.69) is 10.2 Å². The molecule has 1 amide bonds. The highest BCUT2D eigenvalue weighted by Gasteiger charge is 2.35. The fourth-order valence-corrected chi connectivity index (χ4v) is 3.09. The summed E-state index contributed by atoms with van der Waals surface area (Å²) in [4.78, 5) is 14.5. The average Bonchev–Trinajstić information content (AvgIpc) is 2.43. The van der Waals surface area contributed by atoms with Crippen molar-refractivity contribution in [2.45, 2.75) is 18.9 Å². The van der Waals surface area contributed by atoms with Crippen LogP contribution in [0.25, 0.3) is 0 Å². The number of benzene rings is 1. The molecule has 1 aromatic carbocycles. The summed E-state index contributed by atoms with van der Waals surface area (Å²) in [7, 11) is 0. The van der Waals surface area contributed by atoms with E-state index in [0.717, 1.165) is 32.5 Å². The zero-order valence-corrected chi connectivity index (χ0v) is 10.7. The SMILES string of the molecule is O=C(NC1CN2CCC1CC2)c1cccc(O)c1O. The molecule has 102 valence electrons. The number of phenols is 2. The van der Waals surface area contributed by atoms with Crippen molar-refractivity contribution in [2.75, 3.05) is 19.6 Å². The van der Waals surface area contributed by atoms with Crippen LogP contribution in [0.3, 0.4) is 0 Å². The molecule has 2 bridgehead atoms. The van der Waals surface area contributed by atoms with Crippen molar-refractivity contribution in [2.24, 2.45) is 5.92 Å². The molecule has 1 aromatic rings. The molecule has 4 rings (SSSR count). The number of aromatic hydroxyl groups is 2. The molecule has 3 aliphatic heterocycles. The van der Waals surface area contributed by atoms with Gasteiger partial charge >= 0.3 is 0 Å². The maximum atomic E-state index is 12.2. The van der Waals surface area contributed by atoms with Crippen LogP contribution in [-0.4, -0.2) is 46.7 Å². The lowest BCUT2D eigenvalue weighted by molar-refractivity contribution is 0.0619. The standard InChI is InChI=1S/C14H18N2O3/c17-12-3-1-2-10(13(12)18)14(19)15-11-8-16-6-4-9(11)5-7-16/h1-3,9,11,17-18H,4-8H2,(H,15,19). The van der Waals surface area contributed by atoms with Crippen LogP contribution in [0.4, 0.5) is 0 Å². The molecule has 0 radical (unpaired) electrons. The molecule has 0 aliphatic carbocycles. The molecule has 1 unspecified atom stereocenters. The summed E-state index contributed by atoms with van der Waals surface area (Å²) in [6.45, 7) is 3.12. The Bertz CT molecular complexity index is 495. The summed E-state index contributed by atoms with van der Waals surface area (Å²) in [6, 6.07) is 4.59. The van der Waals surface area contributed by atoms with Crippen molar-refractivity contribution in [3.8, 4) is 11.5 Å². The summed E-state index contributed by atoms with van der Waals surface area (Å²) in [5.41, 5.74) is 0.136. The molecule has 3 aliphatic rings. The molecule has 3 fully saturated rings. The van der Waals surface area contributed by atoms with Crippen LogP contribution in [0, 0.1) is 5.92 Å². The Labute approximate surface area is 111 Å². The molecule has 5 nitrogen and oxygen atoms in total. The number of phenolic OH excluding ortho intramolecular Hbond substituents is 2. The van der Waals surface area contributed by atoms with E-state index in [9.17, 15) is 15.0 Å². The van der Waals surface area contributed by atoms with Crippen molar-refractivity contribution in [1.29, 1.82) is 0 Å². The Morgan fingerprint density at radius 3 is 2.63 bits per heavy atom. The van der Waals surface area contributed by atoms with Crippen LogP contribution in [-0.2, 0) is 0 Å². The van der Waals surface area contributed by atoms with E-state index in [-0.39, 0.29) is 29.0 Å². The topological polar surface area (TPSA) is 72.8 Å². The quantitative estimate of drug-likeness (QED) is 0.693. The number of piperidine rings is 3. The van der Waals surface area contributed by atoms with Gasteiger partial charge in [-0.2, -0.15) is 0 Å². The lowest BCUT2D eigenvalue weighted by Crippen LogP contribution is -2.57. The van der Waals surface area contributed by atoms with E-state index in [1.807, 2.05) is 0 Å². The van der Waals surface area contributed by atoms with Gasteiger partial charge in [-0.3, -0.25) is 4.79 Å². The normalized spacial score (nSPS) is 29.2. The van der Waals surface area contributed by atoms with E-state index in [4.69, 9.17) is 0 Å². The third-order valence-electron chi connectivity index (χ3n) is 4.23. The number of hydrogen-bond donors (Lipinski definition) is 3. The molecular formula is C14H18N2O3. The third-order valence-corrected chi connectivity index (χ3v) is 4.23. The van der Waals surface area contributed by atoms with Gasteiger partial charge in [0.1, 0.15) is 0 Å². The maximum absolute atomic E-state index is 12.2. The smallest absolute Gasteiger partial charge is 0.255 e. The van der Waals surface area contributed by atoms with Gasteiger partial charge in [-0.1, -0.05) is 6.07 Å². The first-order valence-corrected chi connectivity index (χ1v) is 6.69. The Balaban J connectivity index is 1.73. The molecule has 5 heteroatoms. The number of nitrogens with zero attached hydrogens (tertiary/aromatic N) is 1. The van der Waals surface area contributed by atoms with E-state index < -0.39 is 0 Å². The molecule has 3 saturated heterocycles. The van der Waals surface area contributed by atoms with Crippen LogP contribution < -0.4 is 5.32 Å². The molecule has 3 N–H and O–H groups in total. The minimum absolute atomic E-state index is 0.136. The second kappa shape index (κ2) is 4.74. The fraction of sp³-hybridized carbons (Fsp3) is 0.500. The first-order chi connectivity index (χ1) is 9.15. The van der Waals surface area contributed by atoms with Crippen LogP contribution >= 0.6 is 0 Å². The van der Waals surface area contributed by atoms with E-state index >= 15 is 0 Å². The fourth-order valence-electron chi connectivity index (χ4n) is 3.09. The number of fused-ring (bicyclic) bond motifs is 3. The van der Waals surface area contributed by atoms with Gasteiger partial charge in [0.2, 0.25) is 0 Å². The number of carbonyl (C=O) groups is 1. The second-order valence-corrected chi connectivity index (χ2v) is 5.39. The monoisotopic (exact) mass is 262 g/mol. The Morgan fingerprint density at radius 2 is 2.00 bits per heavy atom. The number of nitrogens with one attached hydrogen (secondary N) is 1. The van der Waals surface area contributed by atoms with Crippen molar-refractivity contribution in [1.82, 2.24) is 10.2 Å². The molecule has 19 heavy (non-hydrogen) atoms. The van der Waals surface area contributed by atoms with Crippen LogP contribution in [0.15, 0.2) is 18.2 Å². The molecule has 3 heterocycles. The summed E-state index contributed by atoms with van der Waals surface area (Å²) in [6.07, 6.45) is 2.24. The molecule has 0 aromatic heterocycles. The Hall–Kier alpha value is -1.75. The predicted octanol–water partition coefficient (Wildman–Crippen LogP) is 0.922. The summed E-state index contributed by atoms with van der Waals surface area (Å²) >= 11 is 0. The van der Waals surface area contributed by atoms with E-state index in [0.29, 0.717) is 5.92 Å². The highest BCUT2D eigenvalue weighted by atomic mass is 16.3. The van der Waals surface area contributed by atoms with Gasteiger partial charge in [-0.15, -0.1) is 0 Å². The summed E-state index contributed by atoms with van der Waals surface area (Å²) in [5.74, 6) is -0.386. The number of hydrogen-bond acceptors (Lipinski definition) is 4. The van der Waals surface area contributed by atoms with Gasteiger partial charge in [-0.25, -0.2) is 0 Å². The molecular weight excluding hydrogens is 244 g/mol. The number of rotatable bonds is 2. The maximum Gasteiger partial charge on any atom is 0.255 e. The van der Waals surface area contributed by atoms with E-state index in [1.165, 1.54) is 12.1 Å². The minimum Gasteiger partial charge on any atom is -0.504 e. The van der Waals surface area contributed by atoms with Gasteiger partial charge in [0, 0.05) is 12.6 Å². The zero-order valence-electron chi connectivity index (χ0n) is 10.7. The van der Waals surface area contributed by atoms with Gasteiger partial charge in [-0.05, 0) is 44.0 Å². The van der Waals surface area contributed by atoms with Crippen molar-refractivity contribution < 1.29 is 15.0 Å². The summed E-state index contributed by atoms with van der Waals surface area (Å²) in [5, 5.41) is 22.1. The van der Waals surface area contributed by atoms with Crippen molar-refractivity contribution in [3.05, 3.63) is 23.8 Å². The van der Waals surface area contributed by atoms with Crippen LogP contribution in [0.1, 0.15) is 23.2 Å². The predicted molar refractivity (Wildman–Crippen MR) is 70.2 cm³/mol. The van der Waals surface area contributed by atoms with Gasteiger partial charge < -0.3 is 20.4 Å². The summed E-state index contributed by atoms with van der Waals surface area (Å²) < 4.78 is 0. The van der Waals surface area contributed by atoms with Gasteiger partial charge in [0.05, 0.1) is 5.56 Å². The lowest BCUT2D eigenvalue weighted by atomic mass is 9.84. The van der Waals surface area contributed by atoms with Crippen LogP contribution in [0.5, 0.6) is 11.5 Å². The van der Waals surface area contributed by atoms with Gasteiger partial charge in [0.15, 0.2) is 11.5 Å². The lowest BCUT2D eigenvalue weighted by Gasteiger charge is -2.44. The first kappa shape index (κ1) is 12.3. The molecule has 0 saturated carbocycles. The molecule has 0 spiro atoms. The molecule has 1 atom stereocenters. The van der Waals surface area contributed by atoms with Crippen LogP contribution in [0.2, 0.25) is 0 Å².